The molecule has 1 amide bonds. The summed E-state index contributed by atoms with van der Waals surface area (Å²) in [5.41, 5.74) is 6.29. The Labute approximate surface area is 98.9 Å². The molecule has 0 aromatic heterocycles. The van der Waals surface area contributed by atoms with Crippen LogP contribution in [0.15, 0.2) is 18.2 Å². The Hall–Kier alpha value is -1.62. The van der Waals surface area contributed by atoms with E-state index in [0.717, 1.165) is 12.8 Å². The Balaban J connectivity index is 2.02. The van der Waals surface area contributed by atoms with Gasteiger partial charge >= 0.3 is 0 Å². The number of benzene rings is 1. The summed E-state index contributed by atoms with van der Waals surface area (Å²) < 4.78 is 18.1. The van der Waals surface area contributed by atoms with E-state index in [9.17, 15) is 9.18 Å². The van der Waals surface area contributed by atoms with Gasteiger partial charge < -0.3 is 15.8 Å². The smallest absolute Gasteiger partial charge is 0.229 e. The average molecular weight is 238 g/mol. The third-order valence-electron chi connectivity index (χ3n) is 2.80. The number of nitrogens with one attached hydrogen (secondary N) is 1. The van der Waals surface area contributed by atoms with E-state index in [-0.39, 0.29) is 17.5 Å². The topological polar surface area (TPSA) is 64.3 Å². The molecule has 3 N–H and O–H groups in total. The van der Waals surface area contributed by atoms with Crippen LogP contribution < -0.4 is 11.1 Å². The highest BCUT2D eigenvalue weighted by Crippen LogP contribution is 2.21. The van der Waals surface area contributed by atoms with Crippen LogP contribution in [0.2, 0.25) is 0 Å². The van der Waals surface area contributed by atoms with E-state index in [0.29, 0.717) is 18.9 Å². The lowest BCUT2D eigenvalue weighted by molar-refractivity contribution is -0.123. The zero-order valence-electron chi connectivity index (χ0n) is 9.41. The van der Waals surface area contributed by atoms with Gasteiger partial charge in [-0.15, -0.1) is 0 Å². The quantitative estimate of drug-likeness (QED) is 0.772. The molecule has 1 aliphatic rings. The van der Waals surface area contributed by atoms with Crippen molar-refractivity contribution in [1.82, 2.24) is 0 Å². The van der Waals surface area contributed by atoms with Gasteiger partial charge in [0.2, 0.25) is 5.91 Å². The van der Waals surface area contributed by atoms with E-state index in [1.54, 1.807) is 0 Å². The van der Waals surface area contributed by atoms with Gasteiger partial charge in [-0.2, -0.15) is 0 Å². The first-order chi connectivity index (χ1) is 8.16. The second kappa shape index (κ2) is 5.14. The minimum atomic E-state index is -0.415. The van der Waals surface area contributed by atoms with Crippen molar-refractivity contribution in [3.05, 3.63) is 24.0 Å². The van der Waals surface area contributed by atoms with Crippen LogP contribution in [-0.2, 0) is 9.53 Å². The monoisotopic (exact) mass is 238 g/mol. The number of carbonyl (C=O) groups excluding carboxylic acids is 1. The maximum Gasteiger partial charge on any atom is 0.229 e. The predicted octanol–water partition coefficient (Wildman–Crippen LogP) is 1.77. The summed E-state index contributed by atoms with van der Waals surface area (Å²) in [5.74, 6) is -0.683. The number of rotatable bonds is 2. The Bertz CT molecular complexity index is 417. The molecular weight excluding hydrogens is 223 g/mol. The van der Waals surface area contributed by atoms with Gasteiger partial charge in [0.15, 0.2) is 0 Å². The minimum Gasteiger partial charge on any atom is -0.397 e. The van der Waals surface area contributed by atoms with Crippen molar-refractivity contribution in [3.8, 4) is 0 Å². The first kappa shape index (κ1) is 11.9. The number of hydrogen-bond donors (Lipinski definition) is 2. The standard InChI is InChI=1S/C12H15FN2O2/c13-9-3-4-11(10(14)6-9)15-12(16)8-2-1-5-17-7-8/h3-4,6,8H,1-2,5,7,14H2,(H,15,16). The summed E-state index contributed by atoms with van der Waals surface area (Å²) in [4.78, 5) is 11.9. The van der Waals surface area contributed by atoms with E-state index >= 15 is 0 Å². The van der Waals surface area contributed by atoms with Crippen LogP contribution in [0, 0.1) is 11.7 Å². The number of anilines is 2. The molecule has 17 heavy (non-hydrogen) atoms. The predicted molar refractivity (Wildman–Crippen MR) is 63.0 cm³/mol. The van der Waals surface area contributed by atoms with E-state index < -0.39 is 5.82 Å². The zero-order valence-corrected chi connectivity index (χ0v) is 9.41. The first-order valence-electron chi connectivity index (χ1n) is 5.60. The molecule has 1 unspecified atom stereocenters. The fraction of sp³-hybridized carbons (Fsp3) is 0.417. The molecule has 4 nitrogen and oxygen atoms in total. The maximum atomic E-state index is 12.8. The molecule has 1 aliphatic heterocycles. The number of nitrogens with two attached hydrogens (primary N) is 1. The lowest BCUT2D eigenvalue weighted by Gasteiger charge is -2.21. The van der Waals surface area contributed by atoms with Crippen molar-refractivity contribution in [1.29, 1.82) is 0 Å². The van der Waals surface area contributed by atoms with Crippen molar-refractivity contribution in [2.24, 2.45) is 5.92 Å². The van der Waals surface area contributed by atoms with Crippen LogP contribution in [-0.4, -0.2) is 19.1 Å². The van der Waals surface area contributed by atoms with Gasteiger partial charge in [0.05, 0.1) is 23.9 Å². The molecule has 1 atom stereocenters. The Morgan fingerprint density at radius 3 is 3.00 bits per heavy atom. The second-order valence-electron chi connectivity index (χ2n) is 4.13. The molecule has 2 rings (SSSR count). The largest absolute Gasteiger partial charge is 0.397 e. The van der Waals surface area contributed by atoms with Gasteiger partial charge in [-0.1, -0.05) is 0 Å². The van der Waals surface area contributed by atoms with Crippen molar-refractivity contribution >= 4 is 17.3 Å². The molecule has 1 aromatic carbocycles. The summed E-state index contributed by atoms with van der Waals surface area (Å²) in [6.07, 6.45) is 1.70. The van der Waals surface area contributed by atoms with E-state index in [2.05, 4.69) is 5.32 Å². The molecule has 1 fully saturated rings. The van der Waals surface area contributed by atoms with Gasteiger partial charge in [0.1, 0.15) is 5.82 Å². The normalized spacial score (nSPS) is 19.9. The van der Waals surface area contributed by atoms with Gasteiger partial charge in [-0.3, -0.25) is 4.79 Å². The molecule has 1 saturated heterocycles. The SMILES string of the molecule is Nc1cc(F)ccc1NC(=O)C1CCCOC1. The van der Waals surface area contributed by atoms with Gasteiger partial charge in [0, 0.05) is 6.61 Å². The first-order valence-corrected chi connectivity index (χ1v) is 5.60. The highest BCUT2D eigenvalue weighted by Gasteiger charge is 2.22. The summed E-state index contributed by atoms with van der Waals surface area (Å²) in [5, 5.41) is 2.70. The fourth-order valence-electron chi connectivity index (χ4n) is 1.83. The average Bonchev–Trinajstić information content (AvgIpc) is 2.34. The van der Waals surface area contributed by atoms with Crippen LogP contribution in [0.3, 0.4) is 0 Å². The third kappa shape index (κ3) is 2.94. The van der Waals surface area contributed by atoms with E-state index in [4.69, 9.17) is 10.5 Å². The van der Waals surface area contributed by atoms with E-state index in [1.807, 2.05) is 0 Å². The number of carbonyl (C=O) groups is 1. The lowest BCUT2D eigenvalue weighted by atomic mass is 10.0. The number of amides is 1. The molecule has 0 bridgehead atoms. The number of ether oxygens (including phenoxy) is 1. The van der Waals surface area contributed by atoms with Crippen LogP contribution in [0.1, 0.15) is 12.8 Å². The highest BCUT2D eigenvalue weighted by molar-refractivity contribution is 5.95. The number of hydrogen-bond acceptors (Lipinski definition) is 3. The second-order valence-corrected chi connectivity index (χ2v) is 4.13. The molecule has 0 radical (unpaired) electrons. The summed E-state index contributed by atoms with van der Waals surface area (Å²) in [6.45, 7) is 1.15. The molecule has 0 saturated carbocycles. The molecule has 92 valence electrons. The van der Waals surface area contributed by atoms with Crippen molar-refractivity contribution in [3.63, 3.8) is 0 Å². The fourth-order valence-corrected chi connectivity index (χ4v) is 1.83. The molecule has 1 heterocycles. The Kier molecular flexibility index (Phi) is 3.58. The highest BCUT2D eigenvalue weighted by atomic mass is 19.1. The van der Waals surface area contributed by atoms with Crippen molar-refractivity contribution in [2.75, 3.05) is 24.3 Å². The molecular formula is C12H15FN2O2. The van der Waals surface area contributed by atoms with Crippen LogP contribution in [0.25, 0.3) is 0 Å². The minimum absolute atomic E-state index is 0.122. The molecule has 0 aliphatic carbocycles. The Morgan fingerprint density at radius 1 is 1.53 bits per heavy atom. The Morgan fingerprint density at radius 2 is 2.35 bits per heavy atom. The van der Waals surface area contributed by atoms with Gasteiger partial charge in [0.25, 0.3) is 0 Å². The summed E-state index contributed by atoms with van der Waals surface area (Å²) in [7, 11) is 0. The third-order valence-corrected chi connectivity index (χ3v) is 2.80. The molecule has 0 spiro atoms. The maximum absolute atomic E-state index is 12.8. The van der Waals surface area contributed by atoms with Gasteiger partial charge in [-0.25, -0.2) is 4.39 Å². The van der Waals surface area contributed by atoms with Crippen LogP contribution >= 0.6 is 0 Å². The summed E-state index contributed by atoms with van der Waals surface area (Å²) >= 11 is 0. The van der Waals surface area contributed by atoms with Gasteiger partial charge in [-0.05, 0) is 31.0 Å². The number of nitrogen functional groups attached to an aromatic ring is 1. The lowest BCUT2D eigenvalue weighted by Crippen LogP contribution is -2.30. The van der Waals surface area contributed by atoms with Crippen molar-refractivity contribution in [2.45, 2.75) is 12.8 Å². The van der Waals surface area contributed by atoms with Crippen LogP contribution in [0.4, 0.5) is 15.8 Å². The van der Waals surface area contributed by atoms with Crippen LogP contribution in [0.5, 0.6) is 0 Å². The molecule has 5 heteroatoms. The molecule has 1 aromatic rings. The number of halogens is 1. The van der Waals surface area contributed by atoms with Crippen molar-refractivity contribution < 1.29 is 13.9 Å². The summed E-state index contributed by atoms with van der Waals surface area (Å²) in [6, 6.07) is 3.92. The van der Waals surface area contributed by atoms with E-state index in [1.165, 1.54) is 18.2 Å². The zero-order chi connectivity index (χ0) is 12.3.